The van der Waals surface area contributed by atoms with Gasteiger partial charge in [0.05, 0.1) is 15.8 Å². The third kappa shape index (κ3) is 3.05. The van der Waals surface area contributed by atoms with E-state index in [0.717, 1.165) is 0 Å². The van der Waals surface area contributed by atoms with Crippen molar-refractivity contribution in [2.75, 3.05) is 5.32 Å². The van der Waals surface area contributed by atoms with E-state index in [1.165, 1.54) is 17.0 Å². The summed E-state index contributed by atoms with van der Waals surface area (Å²) in [6.07, 6.45) is 0.0564. The third-order valence-electron chi connectivity index (χ3n) is 3.18. The number of rotatable bonds is 4. The van der Waals surface area contributed by atoms with Gasteiger partial charge in [0, 0.05) is 17.8 Å². The summed E-state index contributed by atoms with van der Waals surface area (Å²) in [5.74, 6) is -0.542. The summed E-state index contributed by atoms with van der Waals surface area (Å²) < 4.78 is 0.357. The zero-order valence-corrected chi connectivity index (χ0v) is 13.1. The number of hydrogen-bond donors (Lipinski definition) is 1. The molecule has 2 amide bonds. The van der Waals surface area contributed by atoms with Crippen LogP contribution in [0, 0.1) is 10.1 Å². The zero-order valence-electron chi connectivity index (χ0n) is 11.5. The second-order valence-electron chi connectivity index (χ2n) is 5.02. The molecule has 1 aliphatic heterocycles. The molecule has 1 saturated heterocycles. The van der Waals surface area contributed by atoms with Gasteiger partial charge in [-0.3, -0.25) is 24.6 Å². The topological polar surface area (TPSA) is 92.6 Å². The monoisotopic (exact) mass is 355 g/mol. The summed E-state index contributed by atoms with van der Waals surface area (Å²) >= 11 is 3.10. The smallest absolute Gasteiger partial charge is 0.285 e. The third-order valence-corrected chi connectivity index (χ3v) is 3.85. The van der Waals surface area contributed by atoms with E-state index in [1.54, 1.807) is 19.9 Å². The summed E-state index contributed by atoms with van der Waals surface area (Å²) in [7, 11) is 0. The van der Waals surface area contributed by atoms with E-state index < -0.39 is 11.0 Å². The predicted octanol–water partition coefficient (Wildman–Crippen LogP) is 2.31. The van der Waals surface area contributed by atoms with Crippen LogP contribution < -0.4 is 5.32 Å². The zero-order chi connectivity index (χ0) is 15.7. The van der Waals surface area contributed by atoms with Crippen LogP contribution in [0.4, 0.5) is 11.4 Å². The molecule has 7 nitrogen and oxygen atoms in total. The largest absolute Gasteiger partial charge is 0.373 e. The molecule has 8 heteroatoms. The van der Waals surface area contributed by atoms with Crippen LogP contribution in [0.25, 0.3) is 0 Å². The average molecular weight is 356 g/mol. The number of imide groups is 1. The van der Waals surface area contributed by atoms with Crippen LogP contribution in [-0.2, 0) is 9.59 Å². The van der Waals surface area contributed by atoms with Crippen molar-refractivity contribution in [3.63, 3.8) is 0 Å². The second-order valence-corrected chi connectivity index (χ2v) is 5.87. The molecule has 0 saturated carbocycles. The minimum Gasteiger partial charge on any atom is -0.373 e. The van der Waals surface area contributed by atoms with Crippen LogP contribution in [-0.4, -0.2) is 33.7 Å². The van der Waals surface area contributed by atoms with Crippen molar-refractivity contribution in [1.29, 1.82) is 0 Å². The fourth-order valence-electron chi connectivity index (χ4n) is 2.25. The highest BCUT2D eigenvalue weighted by atomic mass is 79.9. The normalized spacial score (nSPS) is 18.5. The molecule has 1 N–H and O–H groups in total. The average Bonchev–Trinajstić information content (AvgIpc) is 2.66. The molecule has 0 aromatic heterocycles. The first-order valence-corrected chi connectivity index (χ1v) is 7.17. The highest BCUT2D eigenvalue weighted by Crippen LogP contribution is 2.29. The van der Waals surface area contributed by atoms with Crippen molar-refractivity contribution >= 4 is 39.1 Å². The van der Waals surface area contributed by atoms with Gasteiger partial charge in [-0.25, -0.2) is 0 Å². The number of nitrogens with one attached hydrogen (secondary N) is 1. The van der Waals surface area contributed by atoms with Gasteiger partial charge in [0.25, 0.3) is 11.6 Å². The Morgan fingerprint density at radius 3 is 2.62 bits per heavy atom. The lowest BCUT2D eigenvalue weighted by atomic mass is 10.2. The van der Waals surface area contributed by atoms with Gasteiger partial charge >= 0.3 is 0 Å². The maximum absolute atomic E-state index is 12.1. The minimum atomic E-state index is -0.680. The van der Waals surface area contributed by atoms with E-state index in [1.807, 2.05) is 0 Å². The molecule has 0 spiro atoms. The summed E-state index contributed by atoms with van der Waals surface area (Å²) in [6, 6.07) is 3.60. The summed E-state index contributed by atoms with van der Waals surface area (Å²) in [5.41, 5.74) is 0.333. The lowest BCUT2D eigenvalue weighted by Gasteiger charge is -2.19. The summed E-state index contributed by atoms with van der Waals surface area (Å²) in [6.45, 7) is 3.53. The minimum absolute atomic E-state index is 0.0564. The number of nitrogens with zero attached hydrogens (tertiary/aromatic N) is 2. The molecule has 0 bridgehead atoms. The van der Waals surface area contributed by atoms with Crippen molar-refractivity contribution in [3.8, 4) is 0 Å². The molecule has 0 aliphatic carbocycles. The Kier molecular flexibility index (Phi) is 4.26. The van der Waals surface area contributed by atoms with Gasteiger partial charge in [0.1, 0.15) is 6.04 Å². The van der Waals surface area contributed by atoms with E-state index in [4.69, 9.17) is 0 Å². The molecule has 1 aliphatic rings. The van der Waals surface area contributed by atoms with Crippen LogP contribution in [0.2, 0.25) is 0 Å². The molecule has 1 unspecified atom stereocenters. The standard InChI is InChI=1S/C13H14BrN3O4/c1-7(2)16-12(18)6-10(13(16)19)15-8-3-4-9(14)11(5-8)17(20)21/h3-5,7,10,15H,6H2,1-2H3. The van der Waals surface area contributed by atoms with Crippen LogP contribution in [0.15, 0.2) is 22.7 Å². The first-order valence-electron chi connectivity index (χ1n) is 6.37. The van der Waals surface area contributed by atoms with Gasteiger partial charge in [0.2, 0.25) is 5.91 Å². The maximum atomic E-state index is 12.1. The number of likely N-dealkylation sites (tertiary alicyclic amines) is 1. The number of carbonyl (C=O) groups excluding carboxylic acids is 2. The molecule has 1 heterocycles. The Morgan fingerprint density at radius 2 is 2.10 bits per heavy atom. The van der Waals surface area contributed by atoms with Gasteiger partial charge in [-0.05, 0) is 41.9 Å². The van der Waals surface area contributed by atoms with E-state index in [9.17, 15) is 19.7 Å². The van der Waals surface area contributed by atoms with Crippen molar-refractivity contribution < 1.29 is 14.5 Å². The number of hydrogen-bond acceptors (Lipinski definition) is 5. The maximum Gasteiger partial charge on any atom is 0.285 e. The lowest BCUT2D eigenvalue weighted by molar-refractivity contribution is -0.385. The van der Waals surface area contributed by atoms with Gasteiger partial charge in [-0.2, -0.15) is 0 Å². The van der Waals surface area contributed by atoms with Crippen molar-refractivity contribution in [2.45, 2.75) is 32.4 Å². The molecule has 112 valence electrons. The summed E-state index contributed by atoms with van der Waals surface area (Å²) in [4.78, 5) is 35.5. The van der Waals surface area contributed by atoms with Gasteiger partial charge < -0.3 is 5.32 Å². The molecule has 1 fully saturated rings. The number of anilines is 1. The quantitative estimate of drug-likeness (QED) is 0.508. The number of carbonyl (C=O) groups is 2. The van der Waals surface area contributed by atoms with Crippen LogP contribution in [0.3, 0.4) is 0 Å². The fourth-order valence-corrected chi connectivity index (χ4v) is 2.64. The Bertz CT molecular complexity index is 617. The van der Waals surface area contributed by atoms with E-state index in [0.29, 0.717) is 10.2 Å². The molecule has 1 atom stereocenters. The van der Waals surface area contributed by atoms with Gasteiger partial charge in [-0.1, -0.05) is 0 Å². The predicted molar refractivity (Wildman–Crippen MR) is 79.8 cm³/mol. The molecular weight excluding hydrogens is 342 g/mol. The Balaban J connectivity index is 2.20. The van der Waals surface area contributed by atoms with Crippen molar-refractivity contribution in [1.82, 2.24) is 4.90 Å². The summed E-state index contributed by atoms with van der Waals surface area (Å²) in [5, 5.41) is 13.8. The molecular formula is C13H14BrN3O4. The SMILES string of the molecule is CC(C)N1C(=O)CC(Nc2ccc(Br)c([N+](=O)[O-])c2)C1=O. The first-order chi connectivity index (χ1) is 9.81. The number of benzene rings is 1. The number of halogens is 1. The lowest BCUT2D eigenvalue weighted by Crippen LogP contribution is -2.39. The van der Waals surface area contributed by atoms with Crippen LogP contribution in [0.1, 0.15) is 20.3 Å². The van der Waals surface area contributed by atoms with Gasteiger partial charge in [0.15, 0.2) is 0 Å². The number of nitro benzene ring substituents is 1. The fraction of sp³-hybridized carbons (Fsp3) is 0.385. The van der Waals surface area contributed by atoms with Crippen molar-refractivity contribution in [3.05, 3.63) is 32.8 Å². The highest BCUT2D eigenvalue weighted by molar-refractivity contribution is 9.10. The Morgan fingerprint density at radius 1 is 1.43 bits per heavy atom. The Labute approximate surface area is 129 Å². The van der Waals surface area contributed by atoms with E-state index in [-0.39, 0.29) is 30.0 Å². The highest BCUT2D eigenvalue weighted by Gasteiger charge is 2.39. The molecule has 2 rings (SSSR count). The first kappa shape index (κ1) is 15.4. The van der Waals surface area contributed by atoms with Gasteiger partial charge in [-0.15, -0.1) is 0 Å². The Hall–Kier alpha value is -1.96. The molecule has 21 heavy (non-hydrogen) atoms. The molecule has 1 aromatic rings. The molecule has 1 aromatic carbocycles. The number of nitro groups is 1. The van der Waals surface area contributed by atoms with E-state index >= 15 is 0 Å². The van der Waals surface area contributed by atoms with Crippen LogP contribution >= 0.6 is 15.9 Å². The second kappa shape index (κ2) is 5.80. The van der Waals surface area contributed by atoms with E-state index in [2.05, 4.69) is 21.2 Å². The molecule has 0 radical (unpaired) electrons. The number of amides is 2. The van der Waals surface area contributed by atoms with Crippen LogP contribution in [0.5, 0.6) is 0 Å². The van der Waals surface area contributed by atoms with Crippen molar-refractivity contribution in [2.24, 2.45) is 0 Å².